The molecule has 0 saturated carbocycles. The summed E-state index contributed by atoms with van der Waals surface area (Å²) in [6.45, 7) is -0.144. The lowest BCUT2D eigenvalue weighted by molar-refractivity contribution is -0.137. The van der Waals surface area contributed by atoms with Gasteiger partial charge in [-0.3, -0.25) is 0 Å². The van der Waals surface area contributed by atoms with Gasteiger partial charge in [-0.25, -0.2) is 0 Å². The number of nitrogens with one attached hydrogen (secondary N) is 1. The Morgan fingerprint density at radius 2 is 1.68 bits per heavy atom. The van der Waals surface area contributed by atoms with E-state index in [-0.39, 0.29) is 13.2 Å². The van der Waals surface area contributed by atoms with Crippen LogP contribution in [0.1, 0.15) is 5.56 Å². The van der Waals surface area contributed by atoms with E-state index in [2.05, 4.69) is 5.32 Å². The van der Waals surface area contributed by atoms with Crippen LogP contribution in [0.15, 0.2) is 48.5 Å². The van der Waals surface area contributed by atoms with Gasteiger partial charge in [-0.05, 0) is 35.4 Å². The van der Waals surface area contributed by atoms with Crippen LogP contribution in [0, 0.1) is 0 Å². The first-order chi connectivity index (χ1) is 10.4. The molecule has 0 amide bonds. The second-order valence-corrected chi connectivity index (χ2v) is 4.87. The number of anilines is 1. The number of aliphatic hydroxyl groups excluding tert-OH is 2. The Morgan fingerprint density at radius 3 is 2.27 bits per heavy atom. The molecular formula is C16H16F3NO2. The van der Waals surface area contributed by atoms with E-state index < -0.39 is 17.8 Å². The first-order valence-electron chi connectivity index (χ1n) is 6.70. The van der Waals surface area contributed by atoms with Gasteiger partial charge in [0.2, 0.25) is 0 Å². The topological polar surface area (TPSA) is 52.5 Å². The quantitative estimate of drug-likeness (QED) is 0.795. The van der Waals surface area contributed by atoms with E-state index in [4.69, 9.17) is 5.11 Å². The average molecular weight is 311 g/mol. The molecule has 0 radical (unpaired) electrons. The molecule has 0 bridgehead atoms. The van der Waals surface area contributed by atoms with Crippen molar-refractivity contribution in [3.8, 4) is 11.1 Å². The highest BCUT2D eigenvalue weighted by Crippen LogP contribution is 2.32. The van der Waals surface area contributed by atoms with Gasteiger partial charge in [-0.1, -0.05) is 24.3 Å². The largest absolute Gasteiger partial charge is 0.416 e. The lowest BCUT2D eigenvalue weighted by Crippen LogP contribution is -2.22. The second-order valence-electron chi connectivity index (χ2n) is 4.87. The third-order valence-electron chi connectivity index (χ3n) is 3.16. The molecule has 2 aromatic rings. The van der Waals surface area contributed by atoms with Crippen molar-refractivity contribution in [2.24, 2.45) is 0 Å². The van der Waals surface area contributed by atoms with Crippen molar-refractivity contribution in [2.75, 3.05) is 18.5 Å². The zero-order valence-electron chi connectivity index (χ0n) is 11.6. The number of aliphatic hydroxyl groups is 2. The standard InChI is InChI=1S/C16H16F3NO2/c17-16(18,19)13-3-1-2-12(8-13)11-4-6-14(7-5-11)20-9-15(22)10-21/h1-8,15,20-22H,9-10H2. The first kappa shape index (κ1) is 16.3. The van der Waals surface area contributed by atoms with Gasteiger partial charge in [-0.2, -0.15) is 13.2 Å². The molecule has 2 aromatic carbocycles. The third-order valence-corrected chi connectivity index (χ3v) is 3.16. The van der Waals surface area contributed by atoms with Crippen molar-refractivity contribution in [3.05, 3.63) is 54.1 Å². The molecule has 0 aliphatic carbocycles. The number of halogens is 3. The summed E-state index contributed by atoms with van der Waals surface area (Å²) in [7, 11) is 0. The molecule has 1 unspecified atom stereocenters. The lowest BCUT2D eigenvalue weighted by atomic mass is 10.0. The summed E-state index contributed by atoms with van der Waals surface area (Å²) in [5, 5.41) is 20.9. The number of alkyl halides is 3. The van der Waals surface area contributed by atoms with Crippen molar-refractivity contribution < 1.29 is 23.4 Å². The van der Waals surface area contributed by atoms with Gasteiger partial charge in [0.15, 0.2) is 0 Å². The van der Waals surface area contributed by atoms with Crippen molar-refractivity contribution in [3.63, 3.8) is 0 Å². The molecule has 22 heavy (non-hydrogen) atoms. The Bertz CT molecular complexity index is 612. The number of rotatable bonds is 5. The second kappa shape index (κ2) is 6.81. The highest BCUT2D eigenvalue weighted by molar-refractivity contribution is 5.66. The number of hydrogen-bond donors (Lipinski definition) is 3. The maximum atomic E-state index is 12.7. The van der Waals surface area contributed by atoms with Crippen molar-refractivity contribution in [1.82, 2.24) is 0 Å². The fourth-order valence-electron chi connectivity index (χ4n) is 1.96. The van der Waals surface area contributed by atoms with E-state index in [1.807, 2.05) is 0 Å². The van der Waals surface area contributed by atoms with E-state index in [0.717, 1.165) is 12.1 Å². The normalized spacial score (nSPS) is 13.0. The Morgan fingerprint density at radius 1 is 1.00 bits per heavy atom. The zero-order valence-corrected chi connectivity index (χ0v) is 11.6. The molecule has 0 aliphatic heterocycles. The van der Waals surface area contributed by atoms with Gasteiger partial charge >= 0.3 is 6.18 Å². The third kappa shape index (κ3) is 4.22. The lowest BCUT2D eigenvalue weighted by Gasteiger charge is -2.11. The van der Waals surface area contributed by atoms with E-state index >= 15 is 0 Å². The van der Waals surface area contributed by atoms with Crippen molar-refractivity contribution in [2.45, 2.75) is 12.3 Å². The average Bonchev–Trinajstić information content (AvgIpc) is 2.52. The van der Waals surface area contributed by atoms with Gasteiger partial charge in [0.05, 0.1) is 18.3 Å². The van der Waals surface area contributed by atoms with Crippen LogP contribution in [-0.4, -0.2) is 29.5 Å². The first-order valence-corrected chi connectivity index (χ1v) is 6.70. The minimum atomic E-state index is -4.36. The van der Waals surface area contributed by atoms with Gasteiger partial charge in [0, 0.05) is 12.2 Å². The van der Waals surface area contributed by atoms with Crippen LogP contribution >= 0.6 is 0 Å². The molecule has 1 atom stereocenters. The Kier molecular flexibility index (Phi) is 5.05. The predicted molar refractivity (Wildman–Crippen MR) is 78.5 cm³/mol. The molecule has 2 rings (SSSR count). The van der Waals surface area contributed by atoms with Crippen LogP contribution < -0.4 is 5.32 Å². The van der Waals surface area contributed by atoms with Crippen LogP contribution in [0.25, 0.3) is 11.1 Å². The zero-order chi connectivity index (χ0) is 16.2. The summed E-state index contributed by atoms with van der Waals surface area (Å²) in [5.74, 6) is 0. The number of benzene rings is 2. The van der Waals surface area contributed by atoms with Gasteiger partial charge in [0.25, 0.3) is 0 Å². The number of hydrogen-bond acceptors (Lipinski definition) is 3. The van der Waals surface area contributed by atoms with Crippen LogP contribution in [0.3, 0.4) is 0 Å². The van der Waals surface area contributed by atoms with Crippen LogP contribution in [-0.2, 0) is 6.18 Å². The maximum Gasteiger partial charge on any atom is 0.416 e. The van der Waals surface area contributed by atoms with Crippen molar-refractivity contribution in [1.29, 1.82) is 0 Å². The van der Waals surface area contributed by atoms with Gasteiger partial charge < -0.3 is 15.5 Å². The highest BCUT2D eigenvalue weighted by atomic mass is 19.4. The molecule has 0 spiro atoms. The minimum absolute atomic E-state index is 0.194. The molecule has 0 aromatic heterocycles. The van der Waals surface area contributed by atoms with Crippen molar-refractivity contribution >= 4 is 5.69 Å². The van der Waals surface area contributed by atoms with E-state index in [9.17, 15) is 18.3 Å². The summed E-state index contributed by atoms with van der Waals surface area (Å²) >= 11 is 0. The molecule has 118 valence electrons. The van der Waals surface area contributed by atoms with Gasteiger partial charge in [0.1, 0.15) is 0 Å². The monoisotopic (exact) mass is 311 g/mol. The van der Waals surface area contributed by atoms with E-state index in [1.54, 1.807) is 30.3 Å². The molecule has 0 heterocycles. The summed E-state index contributed by atoms with van der Waals surface area (Å²) in [6.07, 6.45) is -5.22. The predicted octanol–water partition coefficient (Wildman–Crippen LogP) is 3.14. The van der Waals surface area contributed by atoms with Crippen LogP contribution in [0.5, 0.6) is 0 Å². The van der Waals surface area contributed by atoms with Gasteiger partial charge in [-0.15, -0.1) is 0 Å². The summed E-state index contributed by atoms with van der Waals surface area (Å²) in [6, 6.07) is 12.0. The minimum Gasteiger partial charge on any atom is -0.394 e. The molecule has 0 aliphatic rings. The fraction of sp³-hybridized carbons (Fsp3) is 0.250. The fourth-order valence-corrected chi connectivity index (χ4v) is 1.96. The summed E-state index contributed by atoms with van der Waals surface area (Å²) in [5.41, 5.74) is 1.18. The van der Waals surface area contributed by atoms with Crippen LogP contribution in [0.4, 0.5) is 18.9 Å². The van der Waals surface area contributed by atoms with Crippen LogP contribution in [0.2, 0.25) is 0 Å². The SMILES string of the molecule is OCC(O)CNc1ccc(-c2cccc(C(F)(F)F)c2)cc1. The summed E-state index contributed by atoms with van der Waals surface area (Å²) < 4.78 is 38.1. The molecule has 3 N–H and O–H groups in total. The maximum absolute atomic E-state index is 12.7. The molecule has 0 fully saturated rings. The Balaban J connectivity index is 2.14. The molecule has 6 heteroatoms. The highest BCUT2D eigenvalue weighted by Gasteiger charge is 2.30. The molecule has 0 saturated heterocycles. The molecule has 3 nitrogen and oxygen atoms in total. The van der Waals surface area contributed by atoms with E-state index in [1.165, 1.54) is 6.07 Å². The molecular weight excluding hydrogens is 295 g/mol. The smallest absolute Gasteiger partial charge is 0.394 e. The Labute approximate surface area is 126 Å². The summed E-state index contributed by atoms with van der Waals surface area (Å²) in [4.78, 5) is 0. The Hall–Kier alpha value is -2.05. The van der Waals surface area contributed by atoms with E-state index in [0.29, 0.717) is 16.8 Å².